The number of rotatable bonds is 10. The molecule has 0 bridgehead atoms. The fourth-order valence-corrected chi connectivity index (χ4v) is 5.83. The second-order valence-corrected chi connectivity index (χ2v) is 11.8. The maximum absolute atomic E-state index is 13.7. The van der Waals surface area contributed by atoms with Crippen LogP contribution in [0.2, 0.25) is 0 Å². The van der Waals surface area contributed by atoms with Crippen molar-refractivity contribution in [3.8, 4) is 0 Å². The molecule has 0 aliphatic heterocycles. The average Bonchev–Trinajstić information content (AvgIpc) is 2.74. The van der Waals surface area contributed by atoms with Crippen molar-refractivity contribution >= 4 is 25.7 Å². The molecule has 0 aromatic carbocycles. The van der Waals surface area contributed by atoms with Crippen LogP contribution in [-0.4, -0.2) is 49.8 Å². The second kappa shape index (κ2) is 9.50. The molecule has 9 nitrogen and oxygen atoms in total. The predicted octanol–water partition coefficient (Wildman–Crippen LogP) is 2.48. The Morgan fingerprint density at radius 2 is 1.76 bits per heavy atom. The summed E-state index contributed by atoms with van der Waals surface area (Å²) in [6, 6.07) is 3.51. The second-order valence-electron chi connectivity index (χ2n) is 7.67. The number of aromatic nitrogens is 3. The molecule has 0 unspecified atom stereocenters. The quantitative estimate of drug-likeness (QED) is 0.469. The maximum Gasteiger partial charge on any atom is 0.434 e. The van der Waals surface area contributed by atoms with Crippen molar-refractivity contribution in [1.82, 2.24) is 19.7 Å². The van der Waals surface area contributed by atoms with Gasteiger partial charge < -0.3 is 5.32 Å². The van der Waals surface area contributed by atoms with Crippen molar-refractivity contribution in [2.24, 2.45) is 0 Å². The Bertz CT molecular complexity index is 1190. The first-order valence-electron chi connectivity index (χ1n) is 10.2. The molecule has 0 radical (unpaired) electrons. The third-order valence-corrected chi connectivity index (χ3v) is 8.68. The largest absolute Gasteiger partial charge is 0.434 e. The highest BCUT2D eigenvalue weighted by Gasteiger charge is 2.47. The van der Waals surface area contributed by atoms with E-state index in [-0.39, 0.29) is 36.1 Å². The fourth-order valence-electron chi connectivity index (χ4n) is 3.38. The number of hydrogen-bond donors (Lipinski definition) is 2. The van der Waals surface area contributed by atoms with E-state index in [0.29, 0.717) is 19.3 Å². The van der Waals surface area contributed by atoms with Gasteiger partial charge in [-0.05, 0) is 43.9 Å². The molecule has 14 heteroatoms. The fraction of sp³-hybridized carbons (Fsp3) is 0.526. The van der Waals surface area contributed by atoms with Crippen molar-refractivity contribution in [2.45, 2.75) is 49.2 Å². The van der Waals surface area contributed by atoms with Gasteiger partial charge in [0.15, 0.2) is 5.69 Å². The smallest absolute Gasteiger partial charge is 0.370 e. The van der Waals surface area contributed by atoms with Crippen LogP contribution >= 0.6 is 0 Å². The lowest BCUT2D eigenvalue weighted by Crippen LogP contribution is -2.52. The lowest BCUT2D eigenvalue weighted by Gasteiger charge is -2.40. The van der Waals surface area contributed by atoms with Gasteiger partial charge in [-0.2, -0.15) is 17.9 Å². The topological polar surface area (TPSA) is 131 Å². The van der Waals surface area contributed by atoms with Crippen LogP contribution in [0.25, 0.3) is 0 Å². The minimum atomic E-state index is -5.04. The minimum absolute atomic E-state index is 0.0292. The highest BCUT2D eigenvalue weighted by Crippen LogP contribution is 2.41. The van der Waals surface area contributed by atoms with Gasteiger partial charge in [0.05, 0.1) is 11.3 Å². The molecule has 0 saturated heterocycles. The van der Waals surface area contributed by atoms with Crippen LogP contribution in [0.3, 0.4) is 0 Å². The van der Waals surface area contributed by atoms with Crippen molar-refractivity contribution in [2.75, 3.05) is 23.4 Å². The molecule has 3 rings (SSSR count). The van der Waals surface area contributed by atoms with E-state index < -0.39 is 42.2 Å². The third-order valence-electron chi connectivity index (χ3n) is 5.32. The Labute approximate surface area is 190 Å². The van der Waals surface area contributed by atoms with Gasteiger partial charge in [-0.15, -0.1) is 0 Å². The van der Waals surface area contributed by atoms with Gasteiger partial charge in [-0.25, -0.2) is 31.8 Å². The summed E-state index contributed by atoms with van der Waals surface area (Å²) in [5.41, 5.74) is -2.74. The Hall–Kier alpha value is -2.32. The molecule has 182 valence electrons. The van der Waals surface area contributed by atoms with Crippen LogP contribution in [0.15, 0.2) is 35.5 Å². The zero-order valence-electron chi connectivity index (χ0n) is 17.8. The van der Waals surface area contributed by atoms with Crippen LogP contribution in [0.4, 0.5) is 19.0 Å². The third kappa shape index (κ3) is 5.98. The normalized spacial score (nSPS) is 16.2. The van der Waals surface area contributed by atoms with Crippen LogP contribution in [0, 0.1) is 0 Å². The van der Waals surface area contributed by atoms with E-state index in [2.05, 4.69) is 25.0 Å². The van der Waals surface area contributed by atoms with E-state index in [4.69, 9.17) is 0 Å². The number of nitrogens with zero attached hydrogens (tertiary/aromatic N) is 3. The van der Waals surface area contributed by atoms with Crippen LogP contribution in [0.1, 0.15) is 44.1 Å². The summed E-state index contributed by atoms with van der Waals surface area (Å²) in [5, 5.41) is 2.62. The number of sulfone groups is 1. The van der Waals surface area contributed by atoms with Crippen LogP contribution < -0.4 is 10.0 Å². The summed E-state index contributed by atoms with van der Waals surface area (Å²) in [4.78, 5) is 10.6. The molecule has 33 heavy (non-hydrogen) atoms. The van der Waals surface area contributed by atoms with Gasteiger partial charge >= 0.3 is 6.18 Å². The first kappa shape index (κ1) is 25.3. The summed E-state index contributed by atoms with van der Waals surface area (Å²) in [7, 11) is -7.83. The Morgan fingerprint density at radius 1 is 1.09 bits per heavy atom. The molecule has 2 N–H and O–H groups in total. The minimum Gasteiger partial charge on any atom is -0.370 e. The lowest BCUT2D eigenvalue weighted by atomic mass is 9.77. The first-order valence-corrected chi connectivity index (χ1v) is 13.5. The molecule has 1 fully saturated rings. The van der Waals surface area contributed by atoms with E-state index in [1.165, 1.54) is 19.3 Å². The number of pyridine rings is 1. The van der Waals surface area contributed by atoms with Gasteiger partial charge in [-0.3, -0.25) is 0 Å². The van der Waals surface area contributed by atoms with Crippen LogP contribution in [0.5, 0.6) is 0 Å². The van der Waals surface area contributed by atoms with E-state index in [1.807, 2.05) is 0 Å². The zero-order valence-corrected chi connectivity index (χ0v) is 19.4. The van der Waals surface area contributed by atoms with E-state index in [9.17, 15) is 30.0 Å². The van der Waals surface area contributed by atoms with E-state index in [0.717, 1.165) is 12.1 Å². The van der Waals surface area contributed by atoms with E-state index >= 15 is 0 Å². The maximum atomic E-state index is 13.7. The predicted molar refractivity (Wildman–Crippen MR) is 115 cm³/mol. The number of halogens is 3. The van der Waals surface area contributed by atoms with Gasteiger partial charge in [0.25, 0.3) is 0 Å². The van der Waals surface area contributed by atoms with Crippen molar-refractivity contribution < 1.29 is 30.0 Å². The molecule has 0 atom stereocenters. The Morgan fingerprint density at radius 3 is 2.30 bits per heavy atom. The Kier molecular flexibility index (Phi) is 7.29. The highest BCUT2D eigenvalue weighted by atomic mass is 32.2. The molecular formula is C19H24F3N5O4S2. The van der Waals surface area contributed by atoms with Gasteiger partial charge in [0.2, 0.25) is 10.0 Å². The highest BCUT2D eigenvalue weighted by molar-refractivity contribution is 7.91. The standard InChI is InChI=1S/C19H24F3N5O4S2/c1-2-32(28,29)13-5-12-23-15-7-6-14(16(26-15)19(20,21)22)33(30,31)27-18(8-3-9-18)17-24-10-4-11-25-17/h4,6-7,10-11,27H,2-3,5,8-9,12-13H2,1H3,(H,23,26). The summed E-state index contributed by atoms with van der Waals surface area (Å²) < 4.78 is 92.6. The van der Waals surface area contributed by atoms with Gasteiger partial charge in [0, 0.05) is 24.7 Å². The SMILES string of the molecule is CCS(=O)(=O)CCCNc1ccc(S(=O)(=O)NC2(c3ncccn3)CCC2)c(C(F)(F)F)n1. The first-order chi connectivity index (χ1) is 15.4. The molecule has 0 amide bonds. The van der Waals surface area contributed by atoms with Crippen molar-refractivity contribution in [3.63, 3.8) is 0 Å². The molecule has 2 aromatic heterocycles. The summed E-state index contributed by atoms with van der Waals surface area (Å²) >= 11 is 0. The summed E-state index contributed by atoms with van der Waals surface area (Å²) in [6.07, 6.45) is -0.626. The van der Waals surface area contributed by atoms with Gasteiger partial charge in [-0.1, -0.05) is 6.92 Å². The molecular weight excluding hydrogens is 483 g/mol. The number of sulfonamides is 1. The zero-order chi connectivity index (χ0) is 24.3. The van der Waals surface area contributed by atoms with Crippen LogP contribution in [-0.2, 0) is 31.6 Å². The average molecular weight is 508 g/mol. The summed E-state index contributed by atoms with van der Waals surface area (Å²) in [6.45, 7) is 1.56. The van der Waals surface area contributed by atoms with Crippen molar-refractivity contribution in [3.05, 3.63) is 42.1 Å². The van der Waals surface area contributed by atoms with Gasteiger partial charge in [0.1, 0.15) is 26.4 Å². The number of alkyl halides is 3. The number of anilines is 1. The molecule has 1 saturated carbocycles. The van der Waals surface area contributed by atoms with Crippen molar-refractivity contribution in [1.29, 1.82) is 0 Å². The molecule has 0 spiro atoms. The molecule has 1 aliphatic rings. The molecule has 1 aliphatic carbocycles. The monoisotopic (exact) mass is 507 g/mol. The van der Waals surface area contributed by atoms with E-state index in [1.54, 1.807) is 6.07 Å². The number of nitrogens with one attached hydrogen (secondary N) is 2. The lowest BCUT2D eigenvalue weighted by molar-refractivity contribution is -0.143. The molecule has 2 heterocycles. The number of hydrogen-bond acceptors (Lipinski definition) is 8. The molecule has 2 aromatic rings. The Balaban J connectivity index is 1.84. The summed E-state index contributed by atoms with van der Waals surface area (Å²) in [5.74, 6) is -0.164.